The SMILES string of the molecule is CCS(=O)(=O)CCS(=O)(=O)c1ccc(N)cc1Br. The predicted octanol–water partition coefficient (Wildman–Crippen LogP) is 1.24. The summed E-state index contributed by atoms with van der Waals surface area (Å²) in [5, 5.41) is 0. The molecule has 0 unspecified atom stereocenters. The van der Waals surface area contributed by atoms with Gasteiger partial charge in [0.2, 0.25) is 0 Å². The number of nitrogens with two attached hydrogens (primary N) is 1. The lowest BCUT2D eigenvalue weighted by atomic mass is 10.3. The summed E-state index contributed by atoms with van der Waals surface area (Å²) in [4.78, 5) is 0.0583. The molecule has 0 bridgehead atoms. The number of anilines is 1. The minimum absolute atomic E-state index is 0.0583. The zero-order valence-corrected chi connectivity index (χ0v) is 13.0. The first-order chi connectivity index (χ1) is 8.18. The molecule has 0 spiro atoms. The fraction of sp³-hybridized carbons (Fsp3) is 0.400. The maximum absolute atomic E-state index is 12.0. The van der Waals surface area contributed by atoms with Crippen molar-refractivity contribution >= 4 is 41.3 Å². The molecule has 0 aromatic heterocycles. The van der Waals surface area contributed by atoms with Crippen LogP contribution in [0.5, 0.6) is 0 Å². The molecular formula is C10H14BrNO4S2. The third-order valence-electron chi connectivity index (χ3n) is 2.39. The molecule has 0 aliphatic heterocycles. The molecule has 18 heavy (non-hydrogen) atoms. The zero-order chi connectivity index (χ0) is 14.0. The van der Waals surface area contributed by atoms with E-state index >= 15 is 0 Å². The summed E-state index contributed by atoms with van der Waals surface area (Å²) in [7, 11) is -6.93. The van der Waals surface area contributed by atoms with Gasteiger partial charge in [0.1, 0.15) is 0 Å². The predicted molar refractivity (Wildman–Crippen MR) is 74.9 cm³/mol. The Morgan fingerprint density at radius 1 is 1.17 bits per heavy atom. The normalized spacial score (nSPS) is 12.6. The van der Waals surface area contributed by atoms with Crippen molar-refractivity contribution in [3.63, 3.8) is 0 Å². The number of halogens is 1. The van der Waals surface area contributed by atoms with Crippen LogP contribution < -0.4 is 5.73 Å². The summed E-state index contributed by atoms with van der Waals surface area (Å²) in [6.45, 7) is 1.49. The molecule has 0 amide bonds. The Hall–Kier alpha value is -0.600. The molecule has 0 atom stereocenters. The molecule has 0 saturated heterocycles. The average Bonchev–Trinajstić information content (AvgIpc) is 2.26. The maximum Gasteiger partial charge on any atom is 0.180 e. The Bertz CT molecular complexity index is 638. The van der Waals surface area contributed by atoms with Crippen molar-refractivity contribution in [1.29, 1.82) is 0 Å². The van der Waals surface area contributed by atoms with E-state index < -0.39 is 25.4 Å². The summed E-state index contributed by atoms with van der Waals surface area (Å²) in [6.07, 6.45) is 0. The van der Waals surface area contributed by atoms with Crippen LogP contribution in [0.3, 0.4) is 0 Å². The number of hydrogen-bond acceptors (Lipinski definition) is 5. The molecule has 0 aliphatic carbocycles. The summed E-state index contributed by atoms with van der Waals surface area (Å²) in [6, 6.07) is 4.31. The van der Waals surface area contributed by atoms with Crippen molar-refractivity contribution in [3.05, 3.63) is 22.7 Å². The van der Waals surface area contributed by atoms with Gasteiger partial charge in [-0.3, -0.25) is 0 Å². The molecule has 5 nitrogen and oxygen atoms in total. The lowest BCUT2D eigenvalue weighted by Crippen LogP contribution is -2.19. The first-order valence-electron chi connectivity index (χ1n) is 5.16. The van der Waals surface area contributed by atoms with Gasteiger partial charge >= 0.3 is 0 Å². The third kappa shape index (κ3) is 3.96. The standard InChI is InChI=1S/C10H14BrNO4S2/c1-2-17(13,14)5-6-18(15,16)10-4-3-8(12)7-9(10)11/h3-4,7H,2,5-6,12H2,1H3. The van der Waals surface area contributed by atoms with Crippen molar-refractivity contribution in [2.75, 3.05) is 23.0 Å². The van der Waals surface area contributed by atoms with Crippen LogP contribution in [-0.4, -0.2) is 34.1 Å². The molecule has 0 saturated carbocycles. The highest BCUT2D eigenvalue weighted by Gasteiger charge is 2.21. The van der Waals surface area contributed by atoms with E-state index in [-0.39, 0.29) is 16.4 Å². The summed E-state index contributed by atoms with van der Waals surface area (Å²) in [5.41, 5.74) is 5.95. The molecular weight excluding hydrogens is 342 g/mol. The van der Waals surface area contributed by atoms with Crippen LogP contribution in [0.15, 0.2) is 27.6 Å². The van der Waals surface area contributed by atoms with Crippen LogP contribution in [-0.2, 0) is 19.7 Å². The highest BCUT2D eigenvalue weighted by molar-refractivity contribution is 9.10. The van der Waals surface area contributed by atoms with Crippen molar-refractivity contribution in [2.45, 2.75) is 11.8 Å². The summed E-state index contributed by atoms with van der Waals surface area (Å²) >= 11 is 3.11. The molecule has 8 heteroatoms. The van der Waals surface area contributed by atoms with E-state index in [1.165, 1.54) is 25.1 Å². The van der Waals surface area contributed by atoms with Crippen LogP contribution in [0.25, 0.3) is 0 Å². The van der Waals surface area contributed by atoms with Gasteiger partial charge in [-0.2, -0.15) is 0 Å². The quantitative estimate of drug-likeness (QED) is 0.801. The Kier molecular flexibility index (Phi) is 4.79. The van der Waals surface area contributed by atoms with Gasteiger partial charge in [-0.15, -0.1) is 0 Å². The molecule has 1 rings (SSSR count). The van der Waals surface area contributed by atoms with Gasteiger partial charge in [-0.1, -0.05) is 6.92 Å². The van der Waals surface area contributed by atoms with E-state index in [1.807, 2.05) is 0 Å². The van der Waals surface area contributed by atoms with Crippen molar-refractivity contribution in [3.8, 4) is 0 Å². The molecule has 1 aromatic carbocycles. The van der Waals surface area contributed by atoms with E-state index in [4.69, 9.17) is 5.73 Å². The van der Waals surface area contributed by atoms with E-state index in [0.717, 1.165) is 0 Å². The van der Waals surface area contributed by atoms with E-state index in [0.29, 0.717) is 10.2 Å². The zero-order valence-electron chi connectivity index (χ0n) is 9.76. The smallest absolute Gasteiger partial charge is 0.180 e. The van der Waals surface area contributed by atoms with Crippen LogP contribution in [0.2, 0.25) is 0 Å². The average molecular weight is 356 g/mol. The Labute approximate surface area is 115 Å². The maximum atomic E-state index is 12.0. The molecule has 2 N–H and O–H groups in total. The summed E-state index contributed by atoms with van der Waals surface area (Å²) < 4.78 is 47.0. The van der Waals surface area contributed by atoms with Gasteiger partial charge in [-0.05, 0) is 34.1 Å². The van der Waals surface area contributed by atoms with E-state index in [1.54, 1.807) is 0 Å². The van der Waals surface area contributed by atoms with Crippen LogP contribution in [0.1, 0.15) is 6.92 Å². The first-order valence-corrected chi connectivity index (χ1v) is 9.43. The lowest BCUT2D eigenvalue weighted by Gasteiger charge is -2.07. The van der Waals surface area contributed by atoms with Gasteiger partial charge < -0.3 is 5.73 Å². The van der Waals surface area contributed by atoms with Crippen LogP contribution >= 0.6 is 15.9 Å². The molecule has 0 heterocycles. The van der Waals surface area contributed by atoms with Gasteiger partial charge in [0.25, 0.3) is 0 Å². The second-order valence-electron chi connectivity index (χ2n) is 3.75. The highest BCUT2D eigenvalue weighted by atomic mass is 79.9. The first kappa shape index (κ1) is 15.5. The fourth-order valence-electron chi connectivity index (χ4n) is 1.26. The second-order valence-corrected chi connectivity index (χ2v) is 9.15. The largest absolute Gasteiger partial charge is 0.399 e. The van der Waals surface area contributed by atoms with Gasteiger partial charge in [0.05, 0.1) is 16.4 Å². The Balaban J connectivity index is 3.01. The molecule has 102 valence electrons. The van der Waals surface area contributed by atoms with Crippen molar-refractivity contribution in [1.82, 2.24) is 0 Å². The molecule has 0 fully saturated rings. The van der Waals surface area contributed by atoms with Crippen LogP contribution in [0, 0.1) is 0 Å². The van der Waals surface area contributed by atoms with E-state index in [2.05, 4.69) is 15.9 Å². The number of nitrogen functional groups attached to an aromatic ring is 1. The van der Waals surface area contributed by atoms with Gasteiger partial charge in [0.15, 0.2) is 19.7 Å². The number of hydrogen-bond donors (Lipinski definition) is 1. The fourth-order valence-corrected chi connectivity index (χ4v) is 5.43. The van der Waals surface area contributed by atoms with Crippen molar-refractivity contribution in [2.24, 2.45) is 0 Å². The topological polar surface area (TPSA) is 94.3 Å². The van der Waals surface area contributed by atoms with Crippen molar-refractivity contribution < 1.29 is 16.8 Å². The number of sulfone groups is 2. The Morgan fingerprint density at radius 2 is 1.78 bits per heavy atom. The number of rotatable bonds is 5. The monoisotopic (exact) mass is 355 g/mol. The third-order valence-corrected chi connectivity index (χ3v) is 7.04. The van der Waals surface area contributed by atoms with Gasteiger partial charge in [-0.25, -0.2) is 16.8 Å². The highest BCUT2D eigenvalue weighted by Crippen LogP contribution is 2.25. The second kappa shape index (κ2) is 5.58. The number of benzene rings is 1. The minimum atomic E-state index is -3.63. The Morgan fingerprint density at radius 3 is 2.28 bits per heavy atom. The summed E-state index contributed by atoms with van der Waals surface area (Å²) in [5.74, 6) is -0.861. The van der Waals surface area contributed by atoms with E-state index in [9.17, 15) is 16.8 Å². The molecule has 1 aromatic rings. The molecule has 0 radical (unpaired) electrons. The lowest BCUT2D eigenvalue weighted by molar-refractivity contribution is 0.588. The van der Waals surface area contributed by atoms with Gasteiger partial charge in [0, 0.05) is 15.9 Å². The van der Waals surface area contributed by atoms with Crippen LogP contribution in [0.4, 0.5) is 5.69 Å². The molecule has 0 aliphatic rings. The minimum Gasteiger partial charge on any atom is -0.399 e.